The van der Waals surface area contributed by atoms with Gasteiger partial charge in [0.25, 0.3) is 0 Å². The first-order valence-electron chi connectivity index (χ1n) is 9.40. The lowest BCUT2D eigenvalue weighted by atomic mass is 9.83. The Balaban J connectivity index is 1.90. The molecular formula is C26H21F. The fourth-order valence-corrected chi connectivity index (χ4v) is 4.16. The second-order valence-electron chi connectivity index (χ2n) is 8.45. The van der Waals surface area contributed by atoms with Gasteiger partial charge in [-0.15, -0.1) is 0 Å². The Hall–Kier alpha value is -2.93. The van der Waals surface area contributed by atoms with Crippen LogP contribution < -0.4 is 0 Å². The third-order valence-electron chi connectivity index (χ3n) is 5.60. The summed E-state index contributed by atoms with van der Waals surface area (Å²) < 4.78 is 13.8. The molecule has 27 heavy (non-hydrogen) atoms. The Morgan fingerprint density at radius 2 is 1.33 bits per heavy atom. The Morgan fingerprint density at radius 3 is 2.04 bits per heavy atom. The molecule has 0 amide bonds. The highest BCUT2D eigenvalue weighted by Gasteiger charge is 2.18. The van der Waals surface area contributed by atoms with Gasteiger partial charge in [0.1, 0.15) is 5.82 Å². The first kappa shape index (κ1) is 16.3. The van der Waals surface area contributed by atoms with E-state index in [1.54, 1.807) is 12.1 Å². The first-order valence-corrected chi connectivity index (χ1v) is 9.40. The van der Waals surface area contributed by atoms with E-state index < -0.39 is 0 Å². The molecule has 0 N–H and O–H groups in total. The highest BCUT2D eigenvalue weighted by Crippen LogP contribution is 2.40. The van der Waals surface area contributed by atoms with Crippen LogP contribution in [0.25, 0.3) is 43.4 Å². The van der Waals surface area contributed by atoms with Crippen molar-refractivity contribution in [2.24, 2.45) is 0 Å². The Bertz CT molecular complexity index is 1290. The van der Waals surface area contributed by atoms with E-state index in [-0.39, 0.29) is 11.2 Å². The molecule has 0 nitrogen and oxygen atoms in total. The molecule has 0 atom stereocenters. The van der Waals surface area contributed by atoms with Crippen molar-refractivity contribution in [3.05, 3.63) is 84.2 Å². The van der Waals surface area contributed by atoms with E-state index in [1.165, 1.54) is 43.9 Å². The summed E-state index contributed by atoms with van der Waals surface area (Å²) in [5, 5.41) is 7.52. The molecule has 0 aliphatic rings. The van der Waals surface area contributed by atoms with Gasteiger partial charge in [0.15, 0.2) is 0 Å². The highest BCUT2D eigenvalue weighted by molar-refractivity contribution is 6.25. The van der Waals surface area contributed by atoms with Crippen molar-refractivity contribution in [1.82, 2.24) is 0 Å². The quantitative estimate of drug-likeness (QED) is 0.271. The van der Waals surface area contributed by atoms with Crippen molar-refractivity contribution in [2.45, 2.75) is 26.2 Å². The first-order chi connectivity index (χ1) is 12.9. The number of halogens is 1. The molecule has 0 spiro atoms. The lowest BCUT2D eigenvalue weighted by Crippen LogP contribution is -2.10. The highest BCUT2D eigenvalue weighted by atomic mass is 19.1. The SMILES string of the molecule is CC(C)(C)c1cc2ccc3ccc(-c4cccc(F)c4)c4ccc(c1)c2c34. The van der Waals surface area contributed by atoms with Crippen molar-refractivity contribution in [3.8, 4) is 11.1 Å². The molecule has 0 radical (unpaired) electrons. The normalized spacial score (nSPS) is 12.4. The Morgan fingerprint density at radius 1 is 0.667 bits per heavy atom. The second-order valence-corrected chi connectivity index (χ2v) is 8.45. The van der Waals surface area contributed by atoms with Crippen LogP contribution in [0.3, 0.4) is 0 Å². The van der Waals surface area contributed by atoms with Crippen LogP contribution in [0, 0.1) is 5.82 Å². The van der Waals surface area contributed by atoms with E-state index >= 15 is 0 Å². The predicted octanol–water partition coefficient (Wildman–Crippen LogP) is 7.69. The number of hydrogen-bond acceptors (Lipinski definition) is 0. The molecule has 0 saturated carbocycles. The zero-order valence-corrected chi connectivity index (χ0v) is 15.8. The average molecular weight is 352 g/mol. The van der Waals surface area contributed by atoms with E-state index in [9.17, 15) is 4.39 Å². The van der Waals surface area contributed by atoms with Gasteiger partial charge in [-0.1, -0.05) is 81.4 Å². The summed E-state index contributed by atoms with van der Waals surface area (Å²) in [6.45, 7) is 6.76. The standard InChI is InChI=1S/C26H21F/c1-26(2,3)20-13-18-8-7-16-9-11-22(17-5-4-6-21(27)15-17)23-12-10-19(14-20)24(18)25(16)23/h4-15H,1-3H3. The van der Waals surface area contributed by atoms with Crippen molar-refractivity contribution in [3.63, 3.8) is 0 Å². The largest absolute Gasteiger partial charge is 0.207 e. The van der Waals surface area contributed by atoms with Crippen molar-refractivity contribution < 1.29 is 4.39 Å². The van der Waals surface area contributed by atoms with E-state index in [0.717, 1.165) is 11.1 Å². The topological polar surface area (TPSA) is 0 Å². The predicted molar refractivity (Wildman–Crippen MR) is 114 cm³/mol. The third-order valence-corrected chi connectivity index (χ3v) is 5.60. The summed E-state index contributed by atoms with van der Waals surface area (Å²) in [6, 6.07) is 24.6. The lowest BCUT2D eigenvalue weighted by molar-refractivity contribution is 0.591. The van der Waals surface area contributed by atoms with Gasteiger partial charge in [-0.3, -0.25) is 0 Å². The van der Waals surface area contributed by atoms with Crippen LogP contribution in [0.4, 0.5) is 4.39 Å². The molecule has 0 saturated heterocycles. The van der Waals surface area contributed by atoms with Crippen LogP contribution in [0.5, 0.6) is 0 Å². The van der Waals surface area contributed by atoms with Gasteiger partial charge in [-0.2, -0.15) is 0 Å². The fraction of sp³-hybridized carbons (Fsp3) is 0.154. The zero-order valence-electron chi connectivity index (χ0n) is 15.8. The molecule has 132 valence electrons. The molecule has 1 heteroatoms. The minimum Gasteiger partial charge on any atom is -0.207 e. The molecule has 0 bridgehead atoms. The minimum atomic E-state index is -0.201. The van der Waals surface area contributed by atoms with E-state index in [0.29, 0.717) is 0 Å². The van der Waals surface area contributed by atoms with Crippen molar-refractivity contribution >= 4 is 32.3 Å². The van der Waals surface area contributed by atoms with Gasteiger partial charge in [0.05, 0.1) is 0 Å². The van der Waals surface area contributed by atoms with Gasteiger partial charge in [0.2, 0.25) is 0 Å². The molecule has 5 aromatic carbocycles. The van der Waals surface area contributed by atoms with Crippen LogP contribution in [0.1, 0.15) is 26.3 Å². The smallest absolute Gasteiger partial charge is 0.123 e. The lowest BCUT2D eigenvalue weighted by Gasteiger charge is -2.22. The molecule has 0 heterocycles. The van der Waals surface area contributed by atoms with Crippen molar-refractivity contribution in [2.75, 3.05) is 0 Å². The Labute approximate surface area is 158 Å². The fourth-order valence-electron chi connectivity index (χ4n) is 4.16. The maximum Gasteiger partial charge on any atom is 0.123 e. The molecule has 0 unspecified atom stereocenters. The van der Waals surface area contributed by atoms with E-state index in [2.05, 4.69) is 69.3 Å². The van der Waals surface area contributed by atoms with Crippen LogP contribution in [0.2, 0.25) is 0 Å². The minimum absolute atomic E-state index is 0.108. The van der Waals surface area contributed by atoms with E-state index in [1.807, 2.05) is 6.07 Å². The molecule has 0 aromatic heterocycles. The molecule has 0 fully saturated rings. The van der Waals surface area contributed by atoms with Gasteiger partial charge in [-0.05, 0) is 66.6 Å². The van der Waals surface area contributed by atoms with Gasteiger partial charge in [0, 0.05) is 0 Å². The number of benzene rings is 5. The number of rotatable bonds is 1. The summed E-state index contributed by atoms with van der Waals surface area (Å²) in [6.07, 6.45) is 0. The molecular weight excluding hydrogens is 331 g/mol. The van der Waals surface area contributed by atoms with Crippen LogP contribution in [-0.4, -0.2) is 0 Å². The monoisotopic (exact) mass is 352 g/mol. The summed E-state index contributed by atoms with van der Waals surface area (Å²) in [4.78, 5) is 0. The summed E-state index contributed by atoms with van der Waals surface area (Å²) in [7, 11) is 0. The van der Waals surface area contributed by atoms with Crippen molar-refractivity contribution in [1.29, 1.82) is 0 Å². The third kappa shape index (κ3) is 2.49. The number of hydrogen-bond donors (Lipinski definition) is 0. The maximum atomic E-state index is 13.8. The zero-order chi connectivity index (χ0) is 18.8. The summed E-state index contributed by atoms with van der Waals surface area (Å²) in [5.41, 5.74) is 3.45. The van der Waals surface area contributed by atoms with Crippen LogP contribution in [0.15, 0.2) is 72.8 Å². The molecule has 5 rings (SSSR count). The van der Waals surface area contributed by atoms with Gasteiger partial charge in [-0.25, -0.2) is 4.39 Å². The van der Waals surface area contributed by atoms with Crippen LogP contribution in [-0.2, 0) is 5.41 Å². The average Bonchev–Trinajstić information content (AvgIpc) is 2.65. The molecule has 5 aromatic rings. The molecule has 0 aliphatic heterocycles. The second kappa shape index (κ2) is 5.53. The van der Waals surface area contributed by atoms with Gasteiger partial charge >= 0.3 is 0 Å². The molecule has 0 aliphatic carbocycles. The summed E-state index contributed by atoms with van der Waals surface area (Å²) in [5.74, 6) is -0.201. The van der Waals surface area contributed by atoms with Crippen LogP contribution >= 0.6 is 0 Å². The van der Waals surface area contributed by atoms with E-state index in [4.69, 9.17) is 0 Å². The Kier molecular flexibility index (Phi) is 3.33. The maximum absolute atomic E-state index is 13.8. The summed E-state index contributed by atoms with van der Waals surface area (Å²) >= 11 is 0. The van der Waals surface area contributed by atoms with Gasteiger partial charge < -0.3 is 0 Å².